The third-order valence-corrected chi connectivity index (χ3v) is 3.45. The summed E-state index contributed by atoms with van der Waals surface area (Å²) >= 11 is 0. The van der Waals surface area contributed by atoms with Crippen LogP contribution in [-0.4, -0.2) is 28.8 Å². The fourth-order valence-electron chi connectivity index (χ4n) is 2.40. The lowest BCUT2D eigenvalue weighted by atomic mass is 10.0. The fourth-order valence-corrected chi connectivity index (χ4v) is 2.40. The van der Waals surface area contributed by atoms with Crippen LogP contribution in [0.1, 0.15) is 5.69 Å². The maximum atomic E-state index is 5.65. The van der Waals surface area contributed by atoms with E-state index in [0.717, 1.165) is 22.5 Å². The molecule has 0 saturated heterocycles. The summed E-state index contributed by atoms with van der Waals surface area (Å²) in [5.74, 6) is 1.65. The van der Waals surface area contributed by atoms with Crippen molar-refractivity contribution in [1.82, 2.24) is 14.6 Å². The molecule has 2 aromatic heterocycles. The second-order valence-electron chi connectivity index (χ2n) is 4.64. The highest BCUT2D eigenvalue weighted by Gasteiger charge is 2.11. The van der Waals surface area contributed by atoms with Crippen LogP contribution in [0, 0.1) is 6.92 Å². The van der Waals surface area contributed by atoms with Crippen LogP contribution in [0.15, 0.2) is 30.3 Å². The Bertz CT molecular complexity index is 811. The first-order valence-corrected chi connectivity index (χ1v) is 6.48. The molecule has 0 atom stereocenters. The smallest absolute Gasteiger partial charge is 0.240 e. The highest BCUT2D eigenvalue weighted by molar-refractivity contribution is 5.71. The molecule has 0 spiro atoms. The SMILES string of the molecule is COc1ccc(-c2ccc3nc(N)nn3c2C)cc1OC. The van der Waals surface area contributed by atoms with Crippen LogP contribution in [0.3, 0.4) is 0 Å². The van der Waals surface area contributed by atoms with Crippen LogP contribution < -0.4 is 15.2 Å². The van der Waals surface area contributed by atoms with Crippen LogP contribution in [0.2, 0.25) is 0 Å². The van der Waals surface area contributed by atoms with Gasteiger partial charge in [-0.05, 0) is 36.8 Å². The van der Waals surface area contributed by atoms with Crippen LogP contribution in [0.4, 0.5) is 5.95 Å². The number of aromatic nitrogens is 3. The Labute approximate surface area is 122 Å². The van der Waals surface area contributed by atoms with Crippen molar-refractivity contribution < 1.29 is 9.47 Å². The Balaban J connectivity index is 2.18. The molecule has 0 aliphatic rings. The van der Waals surface area contributed by atoms with E-state index < -0.39 is 0 Å². The van der Waals surface area contributed by atoms with Crippen molar-refractivity contribution in [1.29, 1.82) is 0 Å². The molecular weight excluding hydrogens is 268 g/mol. The second-order valence-corrected chi connectivity index (χ2v) is 4.64. The zero-order chi connectivity index (χ0) is 15.0. The van der Waals surface area contributed by atoms with E-state index in [4.69, 9.17) is 15.2 Å². The van der Waals surface area contributed by atoms with E-state index in [1.807, 2.05) is 37.3 Å². The lowest BCUT2D eigenvalue weighted by molar-refractivity contribution is 0.355. The monoisotopic (exact) mass is 284 g/mol. The number of anilines is 1. The van der Waals surface area contributed by atoms with E-state index in [9.17, 15) is 0 Å². The molecule has 2 heterocycles. The molecule has 3 rings (SSSR count). The minimum absolute atomic E-state index is 0.266. The minimum Gasteiger partial charge on any atom is -0.493 e. The summed E-state index contributed by atoms with van der Waals surface area (Å²) < 4.78 is 12.3. The van der Waals surface area contributed by atoms with E-state index in [-0.39, 0.29) is 5.95 Å². The van der Waals surface area contributed by atoms with Gasteiger partial charge >= 0.3 is 0 Å². The number of benzene rings is 1. The summed E-state index contributed by atoms with van der Waals surface area (Å²) in [6, 6.07) is 9.69. The number of rotatable bonds is 3. The Morgan fingerprint density at radius 3 is 2.52 bits per heavy atom. The average Bonchev–Trinajstić information content (AvgIpc) is 2.88. The van der Waals surface area contributed by atoms with Gasteiger partial charge in [0.25, 0.3) is 0 Å². The predicted molar refractivity (Wildman–Crippen MR) is 80.7 cm³/mol. The summed E-state index contributed by atoms with van der Waals surface area (Å²) in [5, 5.41) is 4.20. The summed E-state index contributed by atoms with van der Waals surface area (Å²) in [6.45, 7) is 1.98. The summed E-state index contributed by atoms with van der Waals surface area (Å²) in [6.07, 6.45) is 0. The van der Waals surface area contributed by atoms with E-state index in [1.165, 1.54) is 0 Å². The van der Waals surface area contributed by atoms with Crippen LogP contribution in [0.25, 0.3) is 16.8 Å². The second kappa shape index (κ2) is 4.97. The van der Waals surface area contributed by atoms with Gasteiger partial charge in [0.15, 0.2) is 17.1 Å². The van der Waals surface area contributed by atoms with Crippen LogP contribution in [0.5, 0.6) is 11.5 Å². The number of nitrogens with zero attached hydrogens (tertiary/aromatic N) is 3. The molecule has 3 aromatic rings. The topological polar surface area (TPSA) is 74.7 Å². The van der Waals surface area contributed by atoms with Crippen molar-refractivity contribution >= 4 is 11.6 Å². The van der Waals surface area contributed by atoms with Gasteiger partial charge in [-0.25, -0.2) is 4.52 Å². The summed E-state index contributed by atoms with van der Waals surface area (Å²) in [5.41, 5.74) is 9.40. The molecule has 0 radical (unpaired) electrons. The molecule has 2 N–H and O–H groups in total. The molecule has 0 aliphatic heterocycles. The van der Waals surface area contributed by atoms with Crippen molar-refractivity contribution in [3.05, 3.63) is 36.0 Å². The maximum absolute atomic E-state index is 5.65. The largest absolute Gasteiger partial charge is 0.493 e. The van der Waals surface area contributed by atoms with Gasteiger partial charge in [-0.1, -0.05) is 6.07 Å². The molecule has 0 saturated carbocycles. The van der Waals surface area contributed by atoms with E-state index in [2.05, 4.69) is 10.1 Å². The number of fused-ring (bicyclic) bond motifs is 1. The number of methoxy groups -OCH3 is 2. The van der Waals surface area contributed by atoms with Crippen molar-refractivity contribution in [3.8, 4) is 22.6 Å². The number of hydrogen-bond acceptors (Lipinski definition) is 5. The zero-order valence-electron chi connectivity index (χ0n) is 12.1. The normalized spacial score (nSPS) is 10.8. The van der Waals surface area contributed by atoms with Gasteiger partial charge in [0, 0.05) is 11.3 Å². The quantitative estimate of drug-likeness (QED) is 0.798. The van der Waals surface area contributed by atoms with Gasteiger partial charge in [-0.2, -0.15) is 4.98 Å². The highest BCUT2D eigenvalue weighted by Crippen LogP contribution is 2.33. The lowest BCUT2D eigenvalue weighted by Crippen LogP contribution is -1.98. The standard InChI is InChI=1S/C15H16N4O2/c1-9-11(5-7-14-17-15(16)18-19(9)14)10-4-6-12(20-2)13(8-10)21-3/h4-8H,1-3H3,(H2,16,18). The molecule has 21 heavy (non-hydrogen) atoms. The van der Waals surface area contributed by atoms with Crippen molar-refractivity contribution in [3.63, 3.8) is 0 Å². The molecule has 108 valence electrons. The summed E-state index contributed by atoms with van der Waals surface area (Å²) in [7, 11) is 3.24. The Kier molecular flexibility index (Phi) is 3.13. The Morgan fingerprint density at radius 2 is 1.81 bits per heavy atom. The number of pyridine rings is 1. The van der Waals surface area contributed by atoms with Gasteiger partial charge in [-0.3, -0.25) is 0 Å². The third-order valence-electron chi connectivity index (χ3n) is 3.45. The molecule has 6 nitrogen and oxygen atoms in total. The molecule has 6 heteroatoms. The van der Waals surface area contributed by atoms with Gasteiger partial charge in [0.05, 0.1) is 14.2 Å². The maximum Gasteiger partial charge on any atom is 0.240 e. The fraction of sp³-hybridized carbons (Fsp3) is 0.200. The van der Waals surface area contributed by atoms with Crippen LogP contribution in [-0.2, 0) is 0 Å². The zero-order valence-corrected chi connectivity index (χ0v) is 12.1. The molecule has 0 fully saturated rings. The molecule has 0 unspecified atom stereocenters. The first-order chi connectivity index (χ1) is 10.1. The van der Waals surface area contributed by atoms with Gasteiger partial charge < -0.3 is 15.2 Å². The average molecular weight is 284 g/mol. The third kappa shape index (κ3) is 2.14. The van der Waals surface area contributed by atoms with E-state index in [1.54, 1.807) is 18.7 Å². The molecular formula is C15H16N4O2. The lowest BCUT2D eigenvalue weighted by Gasteiger charge is -2.11. The number of ether oxygens (including phenoxy) is 2. The first-order valence-electron chi connectivity index (χ1n) is 6.48. The minimum atomic E-state index is 0.266. The van der Waals surface area contributed by atoms with E-state index >= 15 is 0 Å². The van der Waals surface area contributed by atoms with Crippen molar-refractivity contribution in [2.45, 2.75) is 6.92 Å². The molecule has 0 bridgehead atoms. The molecule has 0 aliphatic carbocycles. The van der Waals surface area contributed by atoms with Crippen molar-refractivity contribution in [2.75, 3.05) is 20.0 Å². The first kappa shape index (κ1) is 13.2. The van der Waals surface area contributed by atoms with Gasteiger partial charge in [0.1, 0.15) is 0 Å². The number of aryl methyl sites for hydroxylation is 1. The van der Waals surface area contributed by atoms with Crippen molar-refractivity contribution in [2.24, 2.45) is 0 Å². The Morgan fingerprint density at radius 1 is 1.05 bits per heavy atom. The molecule has 1 aromatic carbocycles. The number of hydrogen-bond donors (Lipinski definition) is 1. The number of nitrogen functional groups attached to an aromatic ring is 1. The van der Waals surface area contributed by atoms with Gasteiger partial charge in [0.2, 0.25) is 5.95 Å². The highest BCUT2D eigenvalue weighted by atomic mass is 16.5. The molecule has 0 amide bonds. The Hall–Kier alpha value is -2.76. The summed E-state index contributed by atoms with van der Waals surface area (Å²) in [4.78, 5) is 4.15. The predicted octanol–water partition coefficient (Wildman–Crippen LogP) is 2.30. The van der Waals surface area contributed by atoms with Crippen LogP contribution >= 0.6 is 0 Å². The van der Waals surface area contributed by atoms with Gasteiger partial charge in [-0.15, -0.1) is 5.10 Å². The number of nitrogens with two attached hydrogens (primary N) is 1. The van der Waals surface area contributed by atoms with E-state index in [0.29, 0.717) is 11.5 Å².